The van der Waals surface area contributed by atoms with Gasteiger partial charge >= 0.3 is 0 Å². The van der Waals surface area contributed by atoms with E-state index in [0.717, 1.165) is 57.5 Å². The van der Waals surface area contributed by atoms with Crippen LogP contribution in [0.25, 0.3) is 0 Å². The van der Waals surface area contributed by atoms with E-state index >= 15 is 0 Å². The number of halogens is 2. The predicted molar refractivity (Wildman–Crippen MR) is 126 cm³/mol. The van der Waals surface area contributed by atoms with E-state index in [1.165, 1.54) is 31.5 Å². The number of anilines is 1. The summed E-state index contributed by atoms with van der Waals surface area (Å²) in [6.07, 6.45) is 2.77. The first-order valence-electron chi connectivity index (χ1n) is 10.6. The quantitative estimate of drug-likeness (QED) is 0.378. The van der Waals surface area contributed by atoms with Crippen LogP contribution in [0.1, 0.15) is 19.8 Å². The van der Waals surface area contributed by atoms with Crippen LogP contribution < -0.4 is 10.2 Å². The van der Waals surface area contributed by atoms with Crippen LogP contribution in [0.15, 0.2) is 29.3 Å². The molecule has 0 bridgehead atoms. The molecular weight excluding hydrogens is 484 g/mol. The van der Waals surface area contributed by atoms with Gasteiger partial charge < -0.3 is 19.9 Å². The van der Waals surface area contributed by atoms with Gasteiger partial charge in [-0.25, -0.2) is 4.39 Å². The van der Waals surface area contributed by atoms with Crippen molar-refractivity contribution in [1.29, 1.82) is 0 Å². The molecule has 3 saturated heterocycles. The fraction of sp³-hybridized carbons (Fsp3) is 0.667. The molecule has 8 heteroatoms. The minimum absolute atomic E-state index is 0. The van der Waals surface area contributed by atoms with Crippen molar-refractivity contribution in [2.75, 3.05) is 63.9 Å². The molecule has 0 spiro atoms. The Morgan fingerprint density at radius 3 is 2.66 bits per heavy atom. The van der Waals surface area contributed by atoms with Crippen molar-refractivity contribution in [1.82, 2.24) is 15.1 Å². The second-order valence-electron chi connectivity index (χ2n) is 7.89. The van der Waals surface area contributed by atoms with Gasteiger partial charge in [0.1, 0.15) is 5.82 Å². The minimum atomic E-state index is -0.186. The maximum absolute atomic E-state index is 13.2. The summed E-state index contributed by atoms with van der Waals surface area (Å²) >= 11 is 0. The maximum atomic E-state index is 13.2. The molecule has 4 rings (SSSR count). The van der Waals surface area contributed by atoms with Gasteiger partial charge in [0.25, 0.3) is 0 Å². The molecule has 6 nitrogen and oxygen atoms in total. The summed E-state index contributed by atoms with van der Waals surface area (Å²) in [5.74, 6) is 0.794. The van der Waals surface area contributed by atoms with Crippen LogP contribution >= 0.6 is 24.0 Å². The normalized spacial score (nSPS) is 25.5. The van der Waals surface area contributed by atoms with Gasteiger partial charge in [-0.2, -0.15) is 0 Å². The fourth-order valence-corrected chi connectivity index (χ4v) is 4.44. The number of benzene rings is 1. The molecule has 0 amide bonds. The third kappa shape index (κ3) is 5.73. The Bertz CT molecular complexity index is 666. The van der Waals surface area contributed by atoms with Gasteiger partial charge in [-0.15, -0.1) is 24.0 Å². The number of hydrogen-bond donors (Lipinski definition) is 1. The van der Waals surface area contributed by atoms with Gasteiger partial charge in [0.15, 0.2) is 5.96 Å². The molecule has 0 aromatic heterocycles. The van der Waals surface area contributed by atoms with Crippen LogP contribution in [0.5, 0.6) is 0 Å². The summed E-state index contributed by atoms with van der Waals surface area (Å²) in [4.78, 5) is 12.1. The van der Waals surface area contributed by atoms with E-state index < -0.39 is 0 Å². The number of guanidine groups is 1. The van der Waals surface area contributed by atoms with E-state index in [1.54, 1.807) is 0 Å². The predicted octanol–water partition coefficient (Wildman–Crippen LogP) is 2.39. The fourth-order valence-electron chi connectivity index (χ4n) is 4.44. The lowest BCUT2D eigenvalue weighted by Gasteiger charge is -2.38. The van der Waals surface area contributed by atoms with Gasteiger partial charge in [-0.05, 0) is 50.6 Å². The smallest absolute Gasteiger partial charge is 0.194 e. The van der Waals surface area contributed by atoms with Crippen LogP contribution in [0, 0.1) is 5.82 Å². The zero-order chi connectivity index (χ0) is 19.3. The number of nitrogens with one attached hydrogen (secondary N) is 1. The highest BCUT2D eigenvalue weighted by Crippen LogP contribution is 2.23. The van der Waals surface area contributed by atoms with Crippen LogP contribution in [0.2, 0.25) is 0 Å². The lowest BCUT2D eigenvalue weighted by atomic mass is 10.2. The second kappa shape index (κ2) is 10.8. The number of piperazine rings is 1. The first-order valence-corrected chi connectivity index (χ1v) is 10.6. The Labute approximate surface area is 190 Å². The first-order chi connectivity index (χ1) is 13.7. The van der Waals surface area contributed by atoms with Crippen molar-refractivity contribution < 1.29 is 9.13 Å². The molecule has 3 aliphatic rings. The highest BCUT2D eigenvalue weighted by molar-refractivity contribution is 14.0. The topological polar surface area (TPSA) is 43.3 Å². The minimum Gasteiger partial charge on any atom is -0.373 e. The van der Waals surface area contributed by atoms with E-state index in [1.807, 2.05) is 12.1 Å². The molecule has 3 aliphatic heterocycles. The van der Waals surface area contributed by atoms with Crippen molar-refractivity contribution in [2.24, 2.45) is 4.99 Å². The first kappa shape index (κ1) is 22.6. The number of morpholine rings is 1. The average molecular weight is 517 g/mol. The van der Waals surface area contributed by atoms with Crippen molar-refractivity contribution in [3.05, 3.63) is 30.1 Å². The molecule has 2 unspecified atom stereocenters. The van der Waals surface area contributed by atoms with Crippen LogP contribution in [0.3, 0.4) is 0 Å². The van der Waals surface area contributed by atoms with Gasteiger partial charge in [-0.1, -0.05) is 0 Å². The third-order valence-corrected chi connectivity index (χ3v) is 6.01. The summed E-state index contributed by atoms with van der Waals surface area (Å²) in [6, 6.07) is 7.41. The molecule has 0 saturated carbocycles. The number of rotatable bonds is 4. The summed E-state index contributed by atoms with van der Waals surface area (Å²) in [7, 11) is 0. The molecule has 1 aromatic rings. The van der Waals surface area contributed by atoms with E-state index in [4.69, 9.17) is 9.73 Å². The van der Waals surface area contributed by atoms with Crippen molar-refractivity contribution in [3.63, 3.8) is 0 Å². The zero-order valence-electron chi connectivity index (χ0n) is 17.2. The Morgan fingerprint density at radius 1 is 1.17 bits per heavy atom. The number of ether oxygens (including phenoxy) is 1. The monoisotopic (exact) mass is 517 g/mol. The zero-order valence-corrected chi connectivity index (χ0v) is 19.6. The van der Waals surface area contributed by atoms with E-state index in [-0.39, 0.29) is 35.9 Å². The molecule has 29 heavy (non-hydrogen) atoms. The molecule has 2 atom stereocenters. The number of nitrogens with zero attached hydrogens (tertiary/aromatic N) is 4. The van der Waals surface area contributed by atoms with Gasteiger partial charge in [-0.3, -0.25) is 9.89 Å². The molecule has 0 aliphatic carbocycles. The highest BCUT2D eigenvalue weighted by atomic mass is 127. The molecule has 1 N–H and O–H groups in total. The van der Waals surface area contributed by atoms with Gasteiger partial charge in [0.05, 0.1) is 19.3 Å². The molecule has 3 fully saturated rings. The van der Waals surface area contributed by atoms with Gasteiger partial charge in [0, 0.05) is 51.0 Å². The summed E-state index contributed by atoms with van der Waals surface area (Å²) < 4.78 is 19.2. The lowest BCUT2D eigenvalue weighted by Crippen LogP contribution is -2.53. The summed E-state index contributed by atoms with van der Waals surface area (Å²) in [5.41, 5.74) is 1.08. The largest absolute Gasteiger partial charge is 0.373 e. The van der Waals surface area contributed by atoms with Gasteiger partial charge in [0.2, 0.25) is 0 Å². The molecule has 3 heterocycles. The number of hydrogen-bond acceptors (Lipinski definition) is 4. The number of aliphatic imine (C=N–C) groups is 1. The van der Waals surface area contributed by atoms with E-state index in [0.29, 0.717) is 12.6 Å². The standard InChI is InChI=1S/C21H32FN5O.HI/c1-2-23-21(24-14-20-15-27-9-3-4-19(27)16-28-20)26-12-10-25(11-13-26)18-7-5-17(22)6-8-18;/h5-8,19-20H,2-4,9-16H2,1H3,(H,23,24);1H. The van der Waals surface area contributed by atoms with Crippen LogP contribution in [-0.2, 0) is 4.74 Å². The Hall–Kier alpha value is -1.13. The third-order valence-electron chi connectivity index (χ3n) is 6.01. The SMILES string of the molecule is CCNC(=NCC1CN2CCCC2CO1)N1CCN(c2ccc(F)cc2)CC1.I. The molecule has 0 radical (unpaired) electrons. The highest BCUT2D eigenvalue weighted by Gasteiger charge is 2.32. The van der Waals surface area contributed by atoms with Crippen molar-refractivity contribution in [3.8, 4) is 0 Å². The van der Waals surface area contributed by atoms with Crippen molar-refractivity contribution >= 4 is 35.6 Å². The number of fused-ring (bicyclic) bond motifs is 1. The Morgan fingerprint density at radius 2 is 1.93 bits per heavy atom. The molecular formula is C21H33FIN5O. The van der Waals surface area contributed by atoms with E-state index in [9.17, 15) is 4.39 Å². The van der Waals surface area contributed by atoms with Crippen LogP contribution in [-0.4, -0.2) is 86.9 Å². The Kier molecular flexibility index (Phi) is 8.37. The molecule has 1 aromatic carbocycles. The summed E-state index contributed by atoms with van der Waals surface area (Å²) in [5, 5.41) is 3.44. The summed E-state index contributed by atoms with van der Waals surface area (Å²) in [6.45, 7) is 10.4. The average Bonchev–Trinajstić information content (AvgIpc) is 3.20. The lowest BCUT2D eigenvalue weighted by molar-refractivity contribution is -0.0432. The molecule has 162 valence electrons. The Balaban J connectivity index is 0.00000240. The second-order valence-corrected chi connectivity index (χ2v) is 7.89. The van der Waals surface area contributed by atoms with Crippen LogP contribution in [0.4, 0.5) is 10.1 Å². The maximum Gasteiger partial charge on any atom is 0.194 e. The van der Waals surface area contributed by atoms with E-state index in [2.05, 4.69) is 26.9 Å². The van der Waals surface area contributed by atoms with Crippen molar-refractivity contribution in [2.45, 2.75) is 31.9 Å².